The van der Waals surface area contributed by atoms with Gasteiger partial charge in [0.15, 0.2) is 0 Å². The Morgan fingerprint density at radius 1 is 1.45 bits per heavy atom. The summed E-state index contributed by atoms with van der Waals surface area (Å²) in [7, 11) is 0. The first-order valence-electron chi connectivity index (χ1n) is 6.09. The number of thioether (sulfide) groups is 1. The van der Waals surface area contributed by atoms with Crippen molar-refractivity contribution in [2.24, 2.45) is 0 Å². The molecule has 1 aliphatic carbocycles. The van der Waals surface area contributed by atoms with Gasteiger partial charge in [-0.05, 0) is 25.3 Å². The number of aromatic nitrogens is 1. The van der Waals surface area contributed by atoms with Crippen LogP contribution in [0.5, 0.6) is 0 Å². The highest BCUT2D eigenvalue weighted by Crippen LogP contribution is 2.28. The lowest BCUT2D eigenvalue weighted by atomic mass is 10.1. The fourth-order valence-electron chi connectivity index (χ4n) is 1.71. The van der Waals surface area contributed by atoms with Crippen molar-refractivity contribution >= 4 is 23.5 Å². The van der Waals surface area contributed by atoms with E-state index in [4.69, 9.17) is 11.0 Å². The van der Waals surface area contributed by atoms with Crippen LogP contribution in [-0.4, -0.2) is 22.7 Å². The molecule has 1 amide bonds. The van der Waals surface area contributed by atoms with Crippen LogP contribution >= 0.6 is 11.8 Å². The number of nitriles is 2. The molecular formula is C13H13N5OS. The maximum absolute atomic E-state index is 11.6. The van der Waals surface area contributed by atoms with E-state index in [1.165, 1.54) is 0 Å². The van der Waals surface area contributed by atoms with Gasteiger partial charge in [0.2, 0.25) is 5.91 Å². The molecule has 0 spiro atoms. The normalized spacial score (nSPS) is 13.3. The van der Waals surface area contributed by atoms with E-state index in [0.29, 0.717) is 22.2 Å². The molecule has 0 saturated heterocycles. The molecule has 102 valence electrons. The molecule has 0 aliphatic heterocycles. The van der Waals surface area contributed by atoms with E-state index in [1.54, 1.807) is 6.92 Å². The summed E-state index contributed by atoms with van der Waals surface area (Å²) in [4.78, 5) is 15.7. The molecule has 0 aromatic carbocycles. The molecule has 0 bridgehead atoms. The molecule has 1 aromatic heterocycles. The van der Waals surface area contributed by atoms with Gasteiger partial charge in [-0.3, -0.25) is 4.79 Å². The minimum atomic E-state index is -0.0798. The van der Waals surface area contributed by atoms with Crippen LogP contribution in [0, 0.1) is 29.6 Å². The predicted octanol–water partition coefficient (Wildman–Crippen LogP) is 1.09. The van der Waals surface area contributed by atoms with Gasteiger partial charge in [-0.2, -0.15) is 10.5 Å². The van der Waals surface area contributed by atoms with Gasteiger partial charge in [0.05, 0.1) is 16.9 Å². The lowest BCUT2D eigenvalue weighted by molar-refractivity contribution is -0.118. The number of hydrogen-bond acceptors (Lipinski definition) is 6. The molecule has 0 radical (unpaired) electrons. The largest absolute Gasteiger partial charge is 0.383 e. The van der Waals surface area contributed by atoms with Crippen LogP contribution in [0.25, 0.3) is 0 Å². The van der Waals surface area contributed by atoms with E-state index in [2.05, 4.69) is 10.3 Å². The first-order chi connectivity index (χ1) is 9.56. The van der Waals surface area contributed by atoms with Gasteiger partial charge in [0.1, 0.15) is 23.0 Å². The van der Waals surface area contributed by atoms with E-state index in [9.17, 15) is 10.1 Å². The SMILES string of the molecule is Cc1c(C#N)c(N)nc(SCC(=O)NC2CC2)c1C#N. The summed E-state index contributed by atoms with van der Waals surface area (Å²) in [6, 6.07) is 4.26. The number of amides is 1. The van der Waals surface area contributed by atoms with Gasteiger partial charge in [-0.15, -0.1) is 0 Å². The van der Waals surface area contributed by atoms with E-state index in [1.807, 2.05) is 12.1 Å². The van der Waals surface area contributed by atoms with Gasteiger partial charge in [-0.25, -0.2) is 4.98 Å². The Morgan fingerprint density at radius 2 is 2.10 bits per heavy atom. The molecule has 20 heavy (non-hydrogen) atoms. The standard InChI is InChI=1S/C13H13N5OS/c1-7-9(4-14)12(16)18-13(10(7)5-15)20-6-11(19)17-8-2-3-8/h8H,2-3,6H2,1H3,(H2,16,18)(H,17,19). The second-order valence-electron chi connectivity index (χ2n) is 4.53. The maximum atomic E-state index is 11.6. The number of pyridine rings is 1. The van der Waals surface area contributed by atoms with Gasteiger partial charge in [0.25, 0.3) is 0 Å². The van der Waals surface area contributed by atoms with Crippen molar-refractivity contribution in [2.45, 2.75) is 30.8 Å². The van der Waals surface area contributed by atoms with E-state index in [0.717, 1.165) is 24.6 Å². The van der Waals surface area contributed by atoms with Crippen molar-refractivity contribution in [2.75, 3.05) is 11.5 Å². The fraction of sp³-hybridized carbons (Fsp3) is 0.385. The fourth-order valence-corrected chi connectivity index (χ4v) is 2.56. The van der Waals surface area contributed by atoms with Gasteiger partial charge in [0, 0.05) is 6.04 Å². The van der Waals surface area contributed by atoms with Crippen LogP contribution in [0.1, 0.15) is 29.5 Å². The highest BCUT2D eigenvalue weighted by Gasteiger charge is 2.23. The maximum Gasteiger partial charge on any atom is 0.230 e. The molecule has 6 nitrogen and oxygen atoms in total. The second kappa shape index (κ2) is 5.81. The monoisotopic (exact) mass is 287 g/mol. The summed E-state index contributed by atoms with van der Waals surface area (Å²) in [6.07, 6.45) is 2.06. The molecule has 1 saturated carbocycles. The third-order valence-electron chi connectivity index (χ3n) is 2.95. The van der Waals surface area contributed by atoms with Crippen molar-refractivity contribution in [1.82, 2.24) is 10.3 Å². The summed E-state index contributed by atoms with van der Waals surface area (Å²) in [6.45, 7) is 1.66. The Morgan fingerprint density at radius 3 is 2.65 bits per heavy atom. The molecule has 2 rings (SSSR count). The van der Waals surface area contributed by atoms with Gasteiger partial charge < -0.3 is 11.1 Å². The Balaban J connectivity index is 2.17. The topological polar surface area (TPSA) is 116 Å². The third-order valence-corrected chi connectivity index (χ3v) is 3.92. The third kappa shape index (κ3) is 3.01. The van der Waals surface area contributed by atoms with E-state index in [-0.39, 0.29) is 23.0 Å². The molecule has 3 N–H and O–H groups in total. The zero-order valence-electron chi connectivity index (χ0n) is 10.9. The minimum absolute atomic E-state index is 0.0798. The Hall–Kier alpha value is -2.25. The average molecular weight is 287 g/mol. The van der Waals surface area contributed by atoms with Crippen LogP contribution in [0.2, 0.25) is 0 Å². The number of carbonyl (C=O) groups excluding carboxylic acids is 1. The molecule has 0 atom stereocenters. The quantitative estimate of drug-likeness (QED) is 0.801. The number of nitrogens with one attached hydrogen (secondary N) is 1. The zero-order valence-corrected chi connectivity index (χ0v) is 11.8. The number of rotatable bonds is 4. The Kier molecular flexibility index (Phi) is 4.11. The van der Waals surface area contributed by atoms with E-state index < -0.39 is 0 Å². The van der Waals surface area contributed by atoms with Gasteiger partial charge in [-0.1, -0.05) is 11.8 Å². The molecule has 1 fully saturated rings. The van der Waals surface area contributed by atoms with Crippen LogP contribution in [0.3, 0.4) is 0 Å². The summed E-state index contributed by atoms with van der Waals surface area (Å²) in [5.74, 6) is 0.195. The molecule has 1 aromatic rings. The summed E-state index contributed by atoms with van der Waals surface area (Å²) < 4.78 is 0. The molecule has 0 unspecified atom stereocenters. The van der Waals surface area contributed by atoms with Crippen LogP contribution in [-0.2, 0) is 4.79 Å². The van der Waals surface area contributed by atoms with Crippen LogP contribution in [0.4, 0.5) is 5.82 Å². The van der Waals surface area contributed by atoms with Crippen molar-refractivity contribution in [3.8, 4) is 12.1 Å². The molecule has 7 heteroatoms. The lowest BCUT2D eigenvalue weighted by Crippen LogP contribution is -2.27. The molecule has 1 aliphatic rings. The smallest absolute Gasteiger partial charge is 0.230 e. The number of nitrogens with zero attached hydrogens (tertiary/aromatic N) is 3. The number of anilines is 1. The van der Waals surface area contributed by atoms with Crippen molar-refractivity contribution in [3.63, 3.8) is 0 Å². The lowest BCUT2D eigenvalue weighted by Gasteiger charge is -2.09. The Bertz CT molecular complexity index is 640. The van der Waals surface area contributed by atoms with E-state index >= 15 is 0 Å². The average Bonchev–Trinajstić information content (AvgIpc) is 3.20. The predicted molar refractivity (Wildman–Crippen MR) is 74.7 cm³/mol. The highest BCUT2D eigenvalue weighted by atomic mass is 32.2. The van der Waals surface area contributed by atoms with Gasteiger partial charge >= 0.3 is 0 Å². The zero-order chi connectivity index (χ0) is 14.7. The van der Waals surface area contributed by atoms with Crippen molar-refractivity contribution < 1.29 is 4.79 Å². The number of hydrogen-bond donors (Lipinski definition) is 2. The van der Waals surface area contributed by atoms with Crippen molar-refractivity contribution in [1.29, 1.82) is 10.5 Å². The Labute approximate surface area is 121 Å². The number of nitrogens with two attached hydrogens (primary N) is 1. The second-order valence-corrected chi connectivity index (χ2v) is 5.50. The summed E-state index contributed by atoms with van der Waals surface area (Å²) in [5, 5.41) is 21.4. The summed E-state index contributed by atoms with van der Waals surface area (Å²) in [5.41, 5.74) is 6.73. The first kappa shape index (κ1) is 14.2. The highest BCUT2D eigenvalue weighted by molar-refractivity contribution is 8.00. The molecular weight excluding hydrogens is 274 g/mol. The van der Waals surface area contributed by atoms with Crippen LogP contribution in [0.15, 0.2) is 5.03 Å². The first-order valence-corrected chi connectivity index (χ1v) is 7.07. The number of nitrogen functional groups attached to an aromatic ring is 1. The minimum Gasteiger partial charge on any atom is -0.383 e. The van der Waals surface area contributed by atoms with Crippen LogP contribution < -0.4 is 11.1 Å². The number of carbonyl (C=O) groups is 1. The summed E-state index contributed by atoms with van der Waals surface area (Å²) >= 11 is 1.16. The van der Waals surface area contributed by atoms with Crippen molar-refractivity contribution in [3.05, 3.63) is 16.7 Å². The molecule has 1 heterocycles.